The fourth-order valence-electron chi connectivity index (χ4n) is 3.03. The number of amides is 1. The third kappa shape index (κ3) is 2.38. The summed E-state index contributed by atoms with van der Waals surface area (Å²) in [5.41, 5.74) is 4.52. The molecule has 0 saturated carbocycles. The molecule has 3 rings (SSSR count). The number of rotatable bonds is 0. The maximum absolute atomic E-state index is 11.3. The van der Waals surface area contributed by atoms with Crippen molar-refractivity contribution in [3.05, 3.63) is 54.1 Å². The zero-order chi connectivity index (χ0) is 15.0. The number of carbonyl (C=O) groups is 1. The van der Waals surface area contributed by atoms with Crippen LogP contribution in [0.4, 0.5) is 10.5 Å². The molecule has 0 bridgehead atoms. The Labute approximate surface area is 126 Å². The lowest BCUT2D eigenvalue weighted by molar-refractivity contribution is 0.267. The van der Waals surface area contributed by atoms with Crippen LogP contribution >= 0.6 is 9.24 Å². The van der Waals surface area contributed by atoms with Crippen molar-refractivity contribution in [2.45, 2.75) is 19.9 Å². The van der Waals surface area contributed by atoms with E-state index in [0.29, 0.717) is 5.84 Å². The lowest BCUT2D eigenvalue weighted by atomic mass is 9.89. The highest BCUT2D eigenvalue weighted by Gasteiger charge is 2.29. The van der Waals surface area contributed by atoms with Crippen LogP contribution < -0.4 is 4.90 Å². The van der Waals surface area contributed by atoms with E-state index in [-0.39, 0.29) is 11.7 Å². The van der Waals surface area contributed by atoms with Crippen LogP contribution in [0.2, 0.25) is 0 Å². The number of nitrogens with zero attached hydrogens (tertiary/aromatic N) is 2. The minimum atomic E-state index is -0.254. The van der Waals surface area contributed by atoms with Crippen LogP contribution in [0, 0.1) is 0 Å². The minimum absolute atomic E-state index is 0.143. The van der Waals surface area contributed by atoms with Crippen LogP contribution in [0.25, 0.3) is 11.1 Å². The average Bonchev–Trinajstić information content (AvgIpc) is 2.47. The first-order valence-corrected chi connectivity index (χ1v) is 7.49. The van der Waals surface area contributed by atoms with Gasteiger partial charge in [-0.25, -0.2) is 0 Å². The number of para-hydroxylation sites is 1. The molecule has 3 nitrogen and oxygen atoms in total. The van der Waals surface area contributed by atoms with Gasteiger partial charge in [0, 0.05) is 5.56 Å². The summed E-state index contributed by atoms with van der Waals surface area (Å²) in [6, 6.07) is 16.8. The first-order chi connectivity index (χ1) is 10.1. The second-order valence-corrected chi connectivity index (χ2v) is 5.64. The molecule has 21 heavy (non-hydrogen) atoms. The van der Waals surface area contributed by atoms with Crippen LogP contribution in [0.1, 0.15) is 25.5 Å². The van der Waals surface area contributed by atoms with Gasteiger partial charge in [-0.3, -0.25) is 4.79 Å². The van der Waals surface area contributed by atoms with Crippen molar-refractivity contribution in [3.8, 4) is 11.1 Å². The maximum Gasteiger partial charge on any atom is 0.261 e. The molecule has 0 N–H and O–H groups in total. The fourth-order valence-corrected chi connectivity index (χ4v) is 3.22. The van der Waals surface area contributed by atoms with E-state index in [2.05, 4.69) is 62.5 Å². The van der Waals surface area contributed by atoms with Crippen molar-refractivity contribution in [1.29, 1.82) is 0 Å². The Kier molecular flexibility index (Phi) is 3.60. The van der Waals surface area contributed by atoms with Gasteiger partial charge in [0.05, 0.1) is 11.7 Å². The van der Waals surface area contributed by atoms with E-state index in [1.165, 1.54) is 16.7 Å². The molecule has 2 aromatic carbocycles. The largest absolute Gasteiger partial charge is 0.322 e. The Morgan fingerprint density at radius 1 is 1.10 bits per heavy atom. The van der Waals surface area contributed by atoms with Gasteiger partial charge in [0.25, 0.3) is 5.65 Å². The normalized spacial score (nSPS) is 17.2. The fraction of sp³-hybridized carbons (Fsp3) is 0.176. The van der Waals surface area contributed by atoms with E-state index >= 15 is 0 Å². The molecular weight excluding hydrogens is 279 g/mol. The molecule has 1 heterocycles. The summed E-state index contributed by atoms with van der Waals surface area (Å²) < 4.78 is 0. The zero-order valence-electron chi connectivity index (χ0n) is 12.1. The van der Waals surface area contributed by atoms with Gasteiger partial charge in [0.1, 0.15) is 5.84 Å². The summed E-state index contributed by atoms with van der Waals surface area (Å²) in [6.07, 6.45) is 0. The van der Waals surface area contributed by atoms with Crippen molar-refractivity contribution in [2.75, 3.05) is 4.90 Å². The van der Waals surface area contributed by atoms with Crippen LogP contribution in [0.15, 0.2) is 53.5 Å². The van der Waals surface area contributed by atoms with Crippen LogP contribution in [0.3, 0.4) is 0 Å². The molecule has 2 unspecified atom stereocenters. The number of hydrogen-bond donors (Lipinski definition) is 0. The number of carbonyl (C=O) groups excluding carboxylic acids is 1. The van der Waals surface area contributed by atoms with Crippen molar-refractivity contribution in [3.63, 3.8) is 0 Å². The Bertz CT molecular complexity index is 739. The third-order valence-corrected chi connectivity index (χ3v) is 4.00. The van der Waals surface area contributed by atoms with Crippen molar-refractivity contribution in [1.82, 2.24) is 0 Å². The van der Waals surface area contributed by atoms with Gasteiger partial charge in [-0.1, -0.05) is 42.5 Å². The average molecular weight is 296 g/mol. The van der Waals surface area contributed by atoms with Crippen molar-refractivity contribution in [2.24, 2.45) is 4.99 Å². The highest BCUT2D eigenvalue weighted by molar-refractivity contribution is 7.40. The monoisotopic (exact) mass is 296 g/mol. The summed E-state index contributed by atoms with van der Waals surface area (Å²) in [6.45, 7) is 4.02. The molecule has 0 aliphatic carbocycles. The SMILES string of the molecule is CC(=NC(=O)P)N1c2ccccc2-c2ccccc2C1C. The lowest BCUT2D eigenvalue weighted by Crippen LogP contribution is -2.35. The van der Waals surface area contributed by atoms with Crippen molar-refractivity contribution < 1.29 is 4.79 Å². The van der Waals surface area contributed by atoms with E-state index in [0.717, 1.165) is 5.69 Å². The van der Waals surface area contributed by atoms with E-state index < -0.39 is 0 Å². The van der Waals surface area contributed by atoms with Gasteiger partial charge in [-0.2, -0.15) is 4.99 Å². The maximum atomic E-state index is 11.3. The number of anilines is 1. The Morgan fingerprint density at radius 2 is 1.71 bits per heavy atom. The van der Waals surface area contributed by atoms with E-state index in [1.54, 1.807) is 0 Å². The van der Waals surface area contributed by atoms with Gasteiger partial charge in [0.15, 0.2) is 0 Å². The highest BCUT2D eigenvalue weighted by Crippen LogP contribution is 2.44. The Morgan fingerprint density at radius 3 is 2.43 bits per heavy atom. The minimum Gasteiger partial charge on any atom is -0.322 e. The predicted octanol–water partition coefficient (Wildman–Crippen LogP) is 4.65. The standard InChI is InChI=1S/C17H17N2OP/c1-11-13-7-3-4-8-14(13)15-9-5-6-10-16(15)19(11)12(2)18-17(20)21/h3-11H,21H2,1-2H3. The summed E-state index contributed by atoms with van der Waals surface area (Å²) in [5, 5.41) is 0. The zero-order valence-corrected chi connectivity index (χ0v) is 13.2. The van der Waals surface area contributed by atoms with Crippen LogP contribution in [0.5, 0.6) is 0 Å². The molecule has 1 aliphatic rings. The number of benzene rings is 2. The molecule has 106 valence electrons. The molecule has 0 radical (unpaired) electrons. The second-order valence-electron chi connectivity index (χ2n) is 5.15. The van der Waals surface area contributed by atoms with Crippen molar-refractivity contribution >= 4 is 26.4 Å². The molecule has 1 amide bonds. The molecule has 4 heteroatoms. The van der Waals surface area contributed by atoms with Crippen LogP contribution in [-0.4, -0.2) is 11.5 Å². The van der Waals surface area contributed by atoms with E-state index in [1.807, 2.05) is 19.1 Å². The lowest BCUT2D eigenvalue weighted by Gasteiger charge is -2.38. The smallest absolute Gasteiger partial charge is 0.261 e. The predicted molar refractivity (Wildman–Crippen MR) is 91.0 cm³/mol. The molecule has 2 atom stereocenters. The number of hydrogen-bond acceptors (Lipinski definition) is 1. The quantitative estimate of drug-likeness (QED) is 0.403. The topological polar surface area (TPSA) is 32.7 Å². The molecular formula is C17H17N2OP. The van der Waals surface area contributed by atoms with Gasteiger partial charge < -0.3 is 4.90 Å². The summed E-state index contributed by atoms with van der Waals surface area (Å²) in [5.74, 6) is 0.712. The summed E-state index contributed by atoms with van der Waals surface area (Å²) in [7, 11) is 2.10. The second kappa shape index (κ2) is 5.42. The van der Waals surface area contributed by atoms with Crippen LogP contribution in [-0.2, 0) is 0 Å². The first kappa shape index (κ1) is 14.0. The number of aliphatic imine (C=N–C) groups is 1. The summed E-state index contributed by atoms with van der Waals surface area (Å²) in [4.78, 5) is 17.5. The number of amidine groups is 1. The molecule has 0 fully saturated rings. The van der Waals surface area contributed by atoms with Gasteiger partial charge >= 0.3 is 0 Å². The molecule has 0 aromatic heterocycles. The van der Waals surface area contributed by atoms with Gasteiger partial charge in [-0.15, -0.1) is 0 Å². The van der Waals surface area contributed by atoms with E-state index in [9.17, 15) is 4.79 Å². The molecule has 1 aliphatic heterocycles. The molecule has 2 aromatic rings. The van der Waals surface area contributed by atoms with Gasteiger partial charge in [0.2, 0.25) is 0 Å². The Hall–Kier alpha value is -1.99. The molecule has 0 saturated heterocycles. The first-order valence-electron chi connectivity index (χ1n) is 6.92. The Balaban J connectivity index is 2.23. The molecule has 0 spiro atoms. The third-order valence-electron chi connectivity index (χ3n) is 3.87. The summed E-state index contributed by atoms with van der Waals surface area (Å²) >= 11 is 0. The van der Waals surface area contributed by atoms with E-state index in [4.69, 9.17) is 0 Å². The van der Waals surface area contributed by atoms with Gasteiger partial charge in [-0.05, 0) is 40.3 Å². The number of fused-ring (bicyclic) bond motifs is 3. The highest BCUT2D eigenvalue weighted by atomic mass is 31.0.